The van der Waals surface area contributed by atoms with E-state index in [1.807, 2.05) is 0 Å². The Morgan fingerprint density at radius 1 is 0.508 bits per heavy atom. The topological polar surface area (TPSA) is 214 Å². The van der Waals surface area contributed by atoms with Crippen LogP contribution in [0.15, 0.2) is 36.5 Å². The normalized spacial score (nSPS) is 26.8. The Morgan fingerprint density at radius 2 is 0.954 bits per heavy atom. The number of esters is 1. The molecule has 14 heteroatoms. The number of hydrogen-bond acceptors (Lipinski definition) is 14. The highest BCUT2D eigenvalue weighted by atomic mass is 16.7. The van der Waals surface area contributed by atoms with E-state index in [1.165, 1.54) is 83.5 Å². The van der Waals surface area contributed by atoms with Gasteiger partial charge in [0.15, 0.2) is 12.6 Å². The predicted molar refractivity (Wildman–Crippen MR) is 252 cm³/mol. The molecule has 2 aliphatic rings. The van der Waals surface area contributed by atoms with Gasteiger partial charge in [-0.05, 0) is 51.4 Å². The number of allylic oxidation sites excluding steroid dienone is 6. The van der Waals surface area contributed by atoms with E-state index in [2.05, 4.69) is 50.3 Å². The molecule has 2 aliphatic heterocycles. The van der Waals surface area contributed by atoms with Gasteiger partial charge >= 0.3 is 5.97 Å². The molecule has 0 saturated carbocycles. The number of carbonyl (C=O) groups excluding carboxylic acids is 1. The first-order valence-corrected chi connectivity index (χ1v) is 25.6. The van der Waals surface area contributed by atoms with E-state index in [-0.39, 0.29) is 25.6 Å². The van der Waals surface area contributed by atoms with Gasteiger partial charge in [0.25, 0.3) is 0 Å². The number of aliphatic hydroxyl groups excluding tert-OH is 7. The second-order valence-electron chi connectivity index (χ2n) is 18.0. The number of carbonyl (C=O) groups is 1. The molecule has 2 saturated heterocycles. The molecule has 2 fully saturated rings. The summed E-state index contributed by atoms with van der Waals surface area (Å²) in [4.78, 5) is 13.0. The van der Waals surface area contributed by atoms with Gasteiger partial charge in [-0.25, -0.2) is 0 Å². The first-order valence-electron chi connectivity index (χ1n) is 25.6. The van der Waals surface area contributed by atoms with Gasteiger partial charge < -0.3 is 64.2 Å². The molecule has 14 nitrogen and oxygen atoms in total. The Labute approximate surface area is 391 Å². The van der Waals surface area contributed by atoms with E-state index in [9.17, 15) is 40.5 Å². The third-order valence-corrected chi connectivity index (χ3v) is 12.2. The summed E-state index contributed by atoms with van der Waals surface area (Å²) in [5, 5.41) is 72.1. The number of rotatable bonds is 40. The van der Waals surface area contributed by atoms with E-state index in [1.54, 1.807) is 0 Å². The van der Waals surface area contributed by atoms with Gasteiger partial charge in [0.05, 0.1) is 26.4 Å². The molecule has 0 aliphatic carbocycles. The Balaban J connectivity index is 1.77. The van der Waals surface area contributed by atoms with E-state index < -0.39 is 80.7 Å². The third-order valence-electron chi connectivity index (χ3n) is 12.2. The largest absolute Gasteiger partial charge is 0.457 e. The van der Waals surface area contributed by atoms with Gasteiger partial charge in [-0.2, -0.15) is 0 Å². The van der Waals surface area contributed by atoms with Crippen LogP contribution >= 0.6 is 0 Å². The van der Waals surface area contributed by atoms with Crippen molar-refractivity contribution in [2.45, 2.75) is 248 Å². The van der Waals surface area contributed by atoms with Gasteiger partial charge in [-0.3, -0.25) is 4.79 Å². The van der Waals surface area contributed by atoms with Crippen molar-refractivity contribution in [1.29, 1.82) is 0 Å². The fourth-order valence-electron chi connectivity index (χ4n) is 7.94. The Kier molecular flexibility index (Phi) is 35.7. The van der Waals surface area contributed by atoms with E-state index in [0.29, 0.717) is 13.0 Å². The second kappa shape index (κ2) is 39.1. The van der Waals surface area contributed by atoms with Crippen molar-refractivity contribution in [2.75, 3.05) is 33.0 Å². The summed E-state index contributed by atoms with van der Waals surface area (Å²) in [5.74, 6) is -0.388. The lowest BCUT2D eigenvalue weighted by atomic mass is 9.98. The minimum Gasteiger partial charge on any atom is -0.457 e. The molecule has 0 aromatic rings. The van der Waals surface area contributed by atoms with Gasteiger partial charge in [-0.1, -0.05) is 159 Å². The highest BCUT2D eigenvalue weighted by Gasteiger charge is 2.47. The number of ether oxygens (including phenoxy) is 6. The fraction of sp³-hybridized carbons (Fsp3) is 0.863. The molecule has 11 atom stereocenters. The van der Waals surface area contributed by atoms with Crippen LogP contribution in [0.4, 0.5) is 0 Å². The molecular weight excluding hydrogens is 837 g/mol. The quantitative estimate of drug-likeness (QED) is 0.0181. The van der Waals surface area contributed by atoms with Crippen LogP contribution in [0.3, 0.4) is 0 Å². The lowest BCUT2D eigenvalue weighted by molar-refractivity contribution is -0.332. The monoisotopic (exact) mass is 929 g/mol. The van der Waals surface area contributed by atoms with Crippen LogP contribution < -0.4 is 0 Å². The molecular formula is C51H92O14. The average molecular weight is 929 g/mol. The predicted octanol–water partition coefficient (Wildman–Crippen LogP) is 7.41. The minimum absolute atomic E-state index is 0.0582. The molecule has 2 rings (SSSR count). The maximum Gasteiger partial charge on any atom is 0.306 e. The van der Waals surface area contributed by atoms with Crippen molar-refractivity contribution in [3.63, 3.8) is 0 Å². The highest BCUT2D eigenvalue weighted by molar-refractivity contribution is 5.69. The number of aliphatic hydroxyl groups is 7. The van der Waals surface area contributed by atoms with Crippen LogP contribution in [-0.2, 0) is 33.2 Å². The maximum absolute atomic E-state index is 13.0. The van der Waals surface area contributed by atoms with E-state index in [0.717, 1.165) is 70.6 Å². The smallest absolute Gasteiger partial charge is 0.306 e. The van der Waals surface area contributed by atoms with Crippen molar-refractivity contribution in [1.82, 2.24) is 0 Å². The Hall–Kier alpha value is -1.79. The zero-order valence-electron chi connectivity index (χ0n) is 40.2. The van der Waals surface area contributed by atoms with Gasteiger partial charge in [0.1, 0.15) is 54.9 Å². The molecule has 11 unspecified atom stereocenters. The van der Waals surface area contributed by atoms with Gasteiger partial charge in [0, 0.05) is 13.0 Å². The summed E-state index contributed by atoms with van der Waals surface area (Å²) >= 11 is 0. The Bertz CT molecular complexity index is 1220. The van der Waals surface area contributed by atoms with Gasteiger partial charge in [0.2, 0.25) is 0 Å². The van der Waals surface area contributed by atoms with Crippen molar-refractivity contribution >= 4 is 5.97 Å². The van der Waals surface area contributed by atoms with Crippen LogP contribution in [0.1, 0.15) is 181 Å². The molecule has 2 heterocycles. The van der Waals surface area contributed by atoms with Crippen LogP contribution in [0.5, 0.6) is 0 Å². The molecule has 0 aromatic heterocycles. The number of unbranched alkanes of at least 4 members (excludes halogenated alkanes) is 20. The van der Waals surface area contributed by atoms with Crippen molar-refractivity contribution < 1.29 is 69.0 Å². The molecule has 0 amide bonds. The standard InChI is InChI=1S/C51H92O14/c1-3-5-7-9-11-13-15-17-18-19-20-21-22-23-24-26-28-30-32-34-43(53)63-40(37-60-35-33-31-29-27-25-16-14-12-10-8-6-4-2)38-61-50-49(59)47(57)45(55)42(65-50)39-62-51-48(58)46(56)44(54)41(36-52)64-51/h11,13,17-18,20-21,40-42,44-52,54-59H,3-10,12,14-16,19,22-39H2,1-2H3/b13-11-,18-17-,21-20-. The van der Waals surface area contributed by atoms with Crippen LogP contribution in [0, 0.1) is 0 Å². The summed E-state index contributed by atoms with van der Waals surface area (Å²) in [6, 6.07) is 0. The Morgan fingerprint density at radius 3 is 1.52 bits per heavy atom. The van der Waals surface area contributed by atoms with Crippen molar-refractivity contribution in [3.05, 3.63) is 36.5 Å². The molecule has 0 aromatic carbocycles. The molecule has 380 valence electrons. The van der Waals surface area contributed by atoms with Crippen LogP contribution in [-0.4, -0.2) is 142 Å². The summed E-state index contributed by atoms with van der Waals surface area (Å²) in [7, 11) is 0. The van der Waals surface area contributed by atoms with Crippen molar-refractivity contribution in [2.24, 2.45) is 0 Å². The molecule has 0 spiro atoms. The van der Waals surface area contributed by atoms with Crippen LogP contribution in [0.2, 0.25) is 0 Å². The number of hydrogen-bond donors (Lipinski definition) is 7. The van der Waals surface area contributed by atoms with Crippen LogP contribution in [0.25, 0.3) is 0 Å². The molecule has 0 radical (unpaired) electrons. The first-order chi connectivity index (χ1) is 31.6. The summed E-state index contributed by atoms with van der Waals surface area (Å²) in [5.41, 5.74) is 0. The maximum atomic E-state index is 13.0. The summed E-state index contributed by atoms with van der Waals surface area (Å²) in [6.45, 7) is 3.65. The molecule has 0 bridgehead atoms. The average Bonchev–Trinajstić information content (AvgIpc) is 3.30. The summed E-state index contributed by atoms with van der Waals surface area (Å²) in [6.07, 6.45) is 26.3. The SMILES string of the molecule is CCCCC/C=C\C/C=C\C/C=C\CCCCCCCCC(=O)OC(COCCCCCCCCCCCCCC)COC1OC(COC2OC(CO)C(O)C(O)C2O)C(O)C(O)C1O. The summed E-state index contributed by atoms with van der Waals surface area (Å²) < 4.78 is 34.2. The zero-order valence-corrected chi connectivity index (χ0v) is 40.2. The van der Waals surface area contributed by atoms with E-state index in [4.69, 9.17) is 28.4 Å². The molecule has 7 N–H and O–H groups in total. The fourth-order valence-corrected chi connectivity index (χ4v) is 7.94. The molecule has 65 heavy (non-hydrogen) atoms. The third kappa shape index (κ3) is 27.1. The van der Waals surface area contributed by atoms with Crippen molar-refractivity contribution in [3.8, 4) is 0 Å². The van der Waals surface area contributed by atoms with E-state index >= 15 is 0 Å². The van der Waals surface area contributed by atoms with Gasteiger partial charge in [-0.15, -0.1) is 0 Å². The zero-order chi connectivity index (χ0) is 47.3. The minimum atomic E-state index is -1.71. The lowest BCUT2D eigenvalue weighted by Crippen LogP contribution is -2.61. The first kappa shape index (κ1) is 59.3. The lowest BCUT2D eigenvalue weighted by Gasteiger charge is -2.42. The second-order valence-corrected chi connectivity index (χ2v) is 18.0. The highest BCUT2D eigenvalue weighted by Crippen LogP contribution is 2.26.